The summed E-state index contributed by atoms with van der Waals surface area (Å²) in [5.74, 6) is 0. The van der Waals surface area contributed by atoms with Crippen molar-refractivity contribution in [3.63, 3.8) is 0 Å². The Balaban J connectivity index is 2.62. The average molecular weight is 228 g/mol. The Labute approximate surface area is 88.5 Å². The Morgan fingerprint density at radius 3 is 2.56 bits per heavy atom. The molecule has 1 heterocycles. The van der Waals surface area contributed by atoms with Gasteiger partial charge in [0.15, 0.2) is 0 Å². The number of hydrogen-bond acceptors (Lipinski definition) is 3. The monoisotopic (exact) mass is 228 g/mol. The lowest BCUT2D eigenvalue weighted by Crippen LogP contribution is -2.11. The van der Waals surface area contributed by atoms with Gasteiger partial charge in [-0.05, 0) is 18.2 Å². The summed E-state index contributed by atoms with van der Waals surface area (Å²) in [6.07, 6.45) is -2.12. The van der Waals surface area contributed by atoms with E-state index in [1.54, 1.807) is 0 Å². The second kappa shape index (κ2) is 3.51. The summed E-state index contributed by atoms with van der Waals surface area (Å²) in [5, 5.41) is 3.66. The lowest BCUT2D eigenvalue weighted by Gasteiger charge is -2.12. The van der Waals surface area contributed by atoms with Crippen LogP contribution in [0, 0.1) is 0 Å². The topological polar surface area (TPSA) is 56.7 Å². The molecule has 16 heavy (non-hydrogen) atoms. The number of aromatic nitrogens is 3. The van der Waals surface area contributed by atoms with Crippen LogP contribution in [0.3, 0.4) is 0 Å². The van der Waals surface area contributed by atoms with Crippen molar-refractivity contribution in [2.75, 3.05) is 5.73 Å². The number of nitrogens with two attached hydrogens (primary N) is 1. The first-order valence-corrected chi connectivity index (χ1v) is 4.30. The van der Waals surface area contributed by atoms with Gasteiger partial charge >= 0.3 is 6.18 Å². The van der Waals surface area contributed by atoms with Gasteiger partial charge in [0.05, 0.1) is 11.3 Å². The first-order valence-electron chi connectivity index (χ1n) is 4.30. The average Bonchev–Trinajstić information content (AvgIpc) is 2.69. The maximum Gasteiger partial charge on any atom is 0.418 e. The second-order valence-electron chi connectivity index (χ2n) is 3.11. The van der Waals surface area contributed by atoms with Crippen molar-refractivity contribution in [1.29, 1.82) is 0 Å². The predicted molar refractivity (Wildman–Crippen MR) is 50.8 cm³/mol. The van der Waals surface area contributed by atoms with Crippen molar-refractivity contribution in [3.8, 4) is 5.69 Å². The van der Waals surface area contributed by atoms with E-state index < -0.39 is 11.7 Å². The van der Waals surface area contributed by atoms with Gasteiger partial charge in [0.2, 0.25) is 0 Å². The maximum atomic E-state index is 12.7. The highest BCUT2D eigenvalue weighted by atomic mass is 19.4. The van der Waals surface area contributed by atoms with Crippen LogP contribution in [0.1, 0.15) is 5.56 Å². The molecule has 0 fully saturated rings. The van der Waals surface area contributed by atoms with Crippen LogP contribution >= 0.6 is 0 Å². The number of anilines is 1. The molecule has 0 aliphatic heterocycles. The predicted octanol–water partition coefficient (Wildman–Crippen LogP) is 1.87. The van der Waals surface area contributed by atoms with Gasteiger partial charge < -0.3 is 5.73 Å². The van der Waals surface area contributed by atoms with E-state index in [1.165, 1.54) is 18.5 Å². The van der Waals surface area contributed by atoms with Crippen molar-refractivity contribution in [1.82, 2.24) is 14.8 Å². The molecule has 7 heteroatoms. The lowest BCUT2D eigenvalue weighted by molar-refractivity contribution is -0.137. The van der Waals surface area contributed by atoms with Gasteiger partial charge in [-0.1, -0.05) is 0 Å². The fourth-order valence-corrected chi connectivity index (χ4v) is 1.31. The van der Waals surface area contributed by atoms with Crippen molar-refractivity contribution >= 4 is 5.69 Å². The number of halogens is 3. The molecule has 0 saturated carbocycles. The van der Waals surface area contributed by atoms with Gasteiger partial charge in [0.1, 0.15) is 12.7 Å². The van der Waals surface area contributed by atoms with E-state index >= 15 is 0 Å². The molecule has 0 aliphatic rings. The second-order valence-corrected chi connectivity index (χ2v) is 3.11. The summed E-state index contributed by atoms with van der Waals surface area (Å²) in [5.41, 5.74) is 4.45. The van der Waals surface area contributed by atoms with Crippen molar-refractivity contribution < 1.29 is 13.2 Å². The van der Waals surface area contributed by atoms with E-state index in [0.717, 1.165) is 17.1 Å². The van der Waals surface area contributed by atoms with Gasteiger partial charge in [-0.15, -0.1) is 0 Å². The van der Waals surface area contributed by atoms with Crippen molar-refractivity contribution in [2.24, 2.45) is 0 Å². The number of benzene rings is 1. The Morgan fingerprint density at radius 1 is 1.25 bits per heavy atom. The molecular formula is C9H7F3N4. The van der Waals surface area contributed by atoms with Crippen LogP contribution in [-0.4, -0.2) is 14.8 Å². The first-order chi connectivity index (χ1) is 7.48. The van der Waals surface area contributed by atoms with E-state index in [-0.39, 0.29) is 11.4 Å². The molecule has 4 nitrogen and oxygen atoms in total. The van der Waals surface area contributed by atoms with E-state index in [9.17, 15) is 13.2 Å². The van der Waals surface area contributed by atoms with Gasteiger partial charge in [-0.25, -0.2) is 9.67 Å². The molecule has 1 aromatic heterocycles. The third-order valence-electron chi connectivity index (χ3n) is 1.99. The van der Waals surface area contributed by atoms with Crippen LogP contribution in [0.4, 0.5) is 18.9 Å². The van der Waals surface area contributed by atoms with E-state index in [2.05, 4.69) is 10.1 Å². The molecule has 0 radical (unpaired) electrons. The highest BCUT2D eigenvalue weighted by Gasteiger charge is 2.34. The van der Waals surface area contributed by atoms with Crippen LogP contribution < -0.4 is 5.73 Å². The molecular weight excluding hydrogens is 221 g/mol. The van der Waals surface area contributed by atoms with Gasteiger partial charge in [-0.3, -0.25) is 0 Å². The summed E-state index contributed by atoms with van der Waals surface area (Å²) >= 11 is 0. The minimum Gasteiger partial charge on any atom is -0.399 e. The zero-order valence-corrected chi connectivity index (χ0v) is 7.94. The largest absolute Gasteiger partial charge is 0.418 e. The minimum absolute atomic E-state index is 0.0520. The molecule has 0 saturated heterocycles. The molecule has 1 aromatic carbocycles. The van der Waals surface area contributed by atoms with Gasteiger partial charge in [-0.2, -0.15) is 18.3 Å². The fraction of sp³-hybridized carbons (Fsp3) is 0.111. The van der Waals surface area contributed by atoms with E-state index in [1.807, 2.05) is 0 Å². The molecule has 0 atom stereocenters. The normalized spacial score (nSPS) is 11.7. The van der Waals surface area contributed by atoms with Crippen LogP contribution in [0.5, 0.6) is 0 Å². The highest BCUT2D eigenvalue weighted by molar-refractivity contribution is 5.52. The number of hydrogen-bond donors (Lipinski definition) is 1. The molecule has 0 spiro atoms. The molecule has 0 unspecified atom stereocenters. The summed E-state index contributed by atoms with van der Waals surface area (Å²) < 4.78 is 39.2. The standard InChI is InChI=1S/C9H7F3N4/c10-9(11,12)7-3-6(13)1-2-8(7)16-5-14-4-15-16/h1-5H,13H2. The smallest absolute Gasteiger partial charge is 0.399 e. The minimum atomic E-state index is -4.48. The lowest BCUT2D eigenvalue weighted by atomic mass is 10.1. The summed E-state index contributed by atoms with van der Waals surface area (Å²) in [4.78, 5) is 3.60. The van der Waals surface area contributed by atoms with E-state index in [0.29, 0.717) is 0 Å². The molecule has 0 amide bonds. The third-order valence-corrected chi connectivity index (χ3v) is 1.99. The number of alkyl halides is 3. The zero-order chi connectivity index (χ0) is 11.8. The van der Waals surface area contributed by atoms with Crippen LogP contribution in [0.15, 0.2) is 30.9 Å². The van der Waals surface area contributed by atoms with Crippen LogP contribution in [0.2, 0.25) is 0 Å². The maximum absolute atomic E-state index is 12.7. The molecule has 0 aliphatic carbocycles. The molecule has 2 aromatic rings. The Hall–Kier alpha value is -2.05. The SMILES string of the molecule is Nc1ccc(-n2cncn2)c(C(F)(F)F)c1. The Bertz CT molecular complexity index is 490. The summed E-state index contributed by atoms with van der Waals surface area (Å²) in [6, 6.07) is 3.51. The molecule has 2 rings (SSSR count). The summed E-state index contributed by atoms with van der Waals surface area (Å²) in [7, 11) is 0. The summed E-state index contributed by atoms with van der Waals surface area (Å²) in [6.45, 7) is 0. The first kappa shape index (κ1) is 10.5. The molecule has 0 bridgehead atoms. The van der Waals surface area contributed by atoms with E-state index in [4.69, 9.17) is 5.73 Å². The number of nitrogens with zero attached hydrogens (tertiary/aromatic N) is 3. The van der Waals surface area contributed by atoms with Crippen LogP contribution in [0.25, 0.3) is 5.69 Å². The number of rotatable bonds is 1. The Kier molecular flexibility index (Phi) is 2.30. The quantitative estimate of drug-likeness (QED) is 0.758. The number of nitrogen functional groups attached to an aromatic ring is 1. The third kappa shape index (κ3) is 1.83. The highest BCUT2D eigenvalue weighted by Crippen LogP contribution is 2.34. The Morgan fingerprint density at radius 2 is 2.00 bits per heavy atom. The van der Waals surface area contributed by atoms with Gasteiger partial charge in [0, 0.05) is 5.69 Å². The van der Waals surface area contributed by atoms with Crippen molar-refractivity contribution in [3.05, 3.63) is 36.4 Å². The van der Waals surface area contributed by atoms with Crippen LogP contribution in [-0.2, 0) is 6.18 Å². The fourth-order valence-electron chi connectivity index (χ4n) is 1.31. The molecule has 2 N–H and O–H groups in total. The van der Waals surface area contributed by atoms with Gasteiger partial charge in [0.25, 0.3) is 0 Å². The van der Waals surface area contributed by atoms with Crippen molar-refractivity contribution in [2.45, 2.75) is 6.18 Å². The zero-order valence-electron chi connectivity index (χ0n) is 7.94. The molecule has 84 valence electrons.